The lowest BCUT2D eigenvalue weighted by atomic mass is 10.2. The van der Waals surface area contributed by atoms with Crippen molar-refractivity contribution in [3.63, 3.8) is 0 Å². The summed E-state index contributed by atoms with van der Waals surface area (Å²) in [4.78, 5) is 15.4. The second kappa shape index (κ2) is 8.58. The number of thioether (sulfide) groups is 1. The number of carbonyl (C=O) groups excluding carboxylic acids is 1. The largest absolute Gasteiger partial charge is 0.351 e. The van der Waals surface area contributed by atoms with Gasteiger partial charge in [0.05, 0.1) is 5.51 Å². The Hall–Kier alpha value is -0.550. The fourth-order valence-electron chi connectivity index (χ4n) is 1.34. The molecular formula is C11H18N2OS2. The van der Waals surface area contributed by atoms with Crippen molar-refractivity contribution in [2.75, 3.05) is 18.6 Å². The van der Waals surface area contributed by atoms with Gasteiger partial charge in [0.25, 0.3) is 5.91 Å². The van der Waals surface area contributed by atoms with Gasteiger partial charge in [-0.2, -0.15) is 11.8 Å². The van der Waals surface area contributed by atoms with E-state index in [-0.39, 0.29) is 5.91 Å². The highest BCUT2D eigenvalue weighted by Gasteiger charge is 2.05. The zero-order valence-corrected chi connectivity index (χ0v) is 11.2. The molecule has 16 heavy (non-hydrogen) atoms. The third-order valence-electron chi connectivity index (χ3n) is 2.23. The maximum Gasteiger partial charge on any atom is 0.270 e. The summed E-state index contributed by atoms with van der Waals surface area (Å²) in [5.74, 6) is 1.19. The van der Waals surface area contributed by atoms with Crippen molar-refractivity contribution in [1.82, 2.24) is 10.3 Å². The molecule has 0 aromatic carbocycles. The third kappa shape index (κ3) is 5.51. The van der Waals surface area contributed by atoms with Crippen molar-refractivity contribution in [1.29, 1.82) is 0 Å². The van der Waals surface area contributed by atoms with E-state index in [0.29, 0.717) is 5.69 Å². The highest BCUT2D eigenvalue weighted by atomic mass is 32.2. The van der Waals surface area contributed by atoms with Crippen LogP contribution >= 0.6 is 23.1 Å². The fraction of sp³-hybridized carbons (Fsp3) is 0.636. The van der Waals surface area contributed by atoms with Crippen molar-refractivity contribution in [2.45, 2.75) is 25.7 Å². The average molecular weight is 258 g/mol. The van der Waals surface area contributed by atoms with E-state index in [1.807, 2.05) is 11.8 Å². The van der Waals surface area contributed by atoms with Crippen LogP contribution in [0.5, 0.6) is 0 Å². The Morgan fingerprint density at radius 3 is 2.94 bits per heavy atom. The summed E-state index contributed by atoms with van der Waals surface area (Å²) in [5.41, 5.74) is 2.21. The Balaban J connectivity index is 1.97. The minimum absolute atomic E-state index is 0.0506. The number of rotatable bonds is 8. The Kier molecular flexibility index (Phi) is 7.25. The number of nitrogens with zero attached hydrogens (tertiary/aromatic N) is 1. The lowest BCUT2D eigenvalue weighted by molar-refractivity contribution is 0.0948. The predicted octanol–water partition coefficient (Wildman–Crippen LogP) is 2.80. The average Bonchev–Trinajstić information content (AvgIpc) is 2.81. The number of hydrogen-bond donors (Lipinski definition) is 1. The van der Waals surface area contributed by atoms with Gasteiger partial charge in [-0.25, -0.2) is 4.98 Å². The molecule has 5 heteroatoms. The zero-order valence-electron chi connectivity index (χ0n) is 9.57. The summed E-state index contributed by atoms with van der Waals surface area (Å²) >= 11 is 3.34. The van der Waals surface area contributed by atoms with Crippen LogP contribution < -0.4 is 5.32 Å². The van der Waals surface area contributed by atoms with Gasteiger partial charge in [0.1, 0.15) is 5.69 Å². The van der Waals surface area contributed by atoms with E-state index in [2.05, 4.69) is 16.6 Å². The third-order valence-corrected chi connectivity index (χ3v) is 3.51. The molecule has 0 aliphatic heterocycles. The van der Waals surface area contributed by atoms with E-state index in [0.717, 1.165) is 13.0 Å². The number of aromatic nitrogens is 1. The van der Waals surface area contributed by atoms with Crippen LogP contribution in [0.15, 0.2) is 10.9 Å². The summed E-state index contributed by atoms with van der Waals surface area (Å²) in [6.45, 7) is 0.760. The summed E-state index contributed by atoms with van der Waals surface area (Å²) in [5, 5.41) is 4.65. The Morgan fingerprint density at radius 2 is 2.25 bits per heavy atom. The van der Waals surface area contributed by atoms with E-state index in [1.54, 1.807) is 10.9 Å². The smallest absolute Gasteiger partial charge is 0.270 e. The van der Waals surface area contributed by atoms with Gasteiger partial charge in [0.15, 0.2) is 0 Å². The molecule has 0 saturated carbocycles. The molecule has 1 N–H and O–H groups in total. The van der Waals surface area contributed by atoms with Crippen LogP contribution in [-0.4, -0.2) is 29.4 Å². The zero-order chi connectivity index (χ0) is 11.6. The van der Waals surface area contributed by atoms with Crippen LogP contribution in [0, 0.1) is 0 Å². The summed E-state index contributed by atoms with van der Waals surface area (Å²) in [6.07, 6.45) is 6.92. The first-order valence-corrected chi connectivity index (χ1v) is 7.83. The van der Waals surface area contributed by atoms with Crippen LogP contribution in [-0.2, 0) is 0 Å². The molecule has 1 heterocycles. The minimum Gasteiger partial charge on any atom is -0.351 e. The van der Waals surface area contributed by atoms with E-state index in [4.69, 9.17) is 0 Å². The first-order chi connectivity index (χ1) is 7.84. The van der Waals surface area contributed by atoms with E-state index < -0.39 is 0 Å². The van der Waals surface area contributed by atoms with Gasteiger partial charge in [0.2, 0.25) is 0 Å². The number of nitrogens with one attached hydrogen (secondary N) is 1. The molecule has 1 aromatic heterocycles. The number of unbranched alkanes of at least 4 members (excludes halogenated alkanes) is 3. The van der Waals surface area contributed by atoms with Gasteiger partial charge in [0, 0.05) is 11.9 Å². The SMILES string of the molecule is CSCCCCCCNC(=O)c1cscn1. The quantitative estimate of drug-likeness (QED) is 0.729. The predicted molar refractivity (Wildman–Crippen MR) is 71.3 cm³/mol. The molecule has 1 amide bonds. The van der Waals surface area contributed by atoms with Crippen molar-refractivity contribution in [3.05, 3.63) is 16.6 Å². The van der Waals surface area contributed by atoms with Crippen LogP contribution in [0.25, 0.3) is 0 Å². The Labute approximate surface area is 105 Å². The molecular weight excluding hydrogens is 240 g/mol. The standard InChI is InChI=1S/C11H18N2OS2/c1-15-7-5-3-2-4-6-12-11(14)10-8-16-9-13-10/h8-9H,2-7H2,1H3,(H,12,14). The topological polar surface area (TPSA) is 42.0 Å². The molecule has 1 aromatic rings. The van der Waals surface area contributed by atoms with Crippen molar-refractivity contribution in [2.24, 2.45) is 0 Å². The summed E-state index contributed by atoms with van der Waals surface area (Å²) in [7, 11) is 0. The number of thiazole rings is 1. The molecule has 90 valence electrons. The molecule has 1 rings (SSSR count). The van der Waals surface area contributed by atoms with Gasteiger partial charge in [-0.05, 0) is 24.9 Å². The molecule has 0 bridgehead atoms. The van der Waals surface area contributed by atoms with Gasteiger partial charge in [-0.3, -0.25) is 4.79 Å². The highest BCUT2D eigenvalue weighted by molar-refractivity contribution is 7.98. The van der Waals surface area contributed by atoms with Crippen molar-refractivity contribution >= 4 is 29.0 Å². The lowest BCUT2D eigenvalue weighted by Crippen LogP contribution is -2.24. The maximum atomic E-state index is 11.5. The van der Waals surface area contributed by atoms with Crippen molar-refractivity contribution < 1.29 is 4.79 Å². The molecule has 0 aliphatic carbocycles. The molecule has 0 saturated heterocycles. The molecule has 0 unspecified atom stereocenters. The second-order valence-electron chi connectivity index (χ2n) is 3.54. The molecule has 0 atom stereocenters. The number of amides is 1. The van der Waals surface area contributed by atoms with Crippen LogP contribution in [0.2, 0.25) is 0 Å². The number of hydrogen-bond acceptors (Lipinski definition) is 4. The molecule has 0 spiro atoms. The van der Waals surface area contributed by atoms with E-state index in [1.165, 1.54) is 36.4 Å². The first kappa shape index (κ1) is 13.5. The van der Waals surface area contributed by atoms with Crippen LogP contribution in [0.1, 0.15) is 36.2 Å². The number of carbonyl (C=O) groups is 1. The summed E-state index contributed by atoms with van der Waals surface area (Å²) in [6, 6.07) is 0. The lowest BCUT2D eigenvalue weighted by Gasteiger charge is -2.02. The van der Waals surface area contributed by atoms with Crippen LogP contribution in [0.3, 0.4) is 0 Å². The van der Waals surface area contributed by atoms with Gasteiger partial charge >= 0.3 is 0 Å². The molecule has 3 nitrogen and oxygen atoms in total. The van der Waals surface area contributed by atoms with E-state index in [9.17, 15) is 4.79 Å². The molecule has 0 radical (unpaired) electrons. The van der Waals surface area contributed by atoms with Gasteiger partial charge < -0.3 is 5.32 Å². The second-order valence-corrected chi connectivity index (χ2v) is 5.24. The monoisotopic (exact) mass is 258 g/mol. The van der Waals surface area contributed by atoms with Crippen LogP contribution in [0.4, 0.5) is 0 Å². The fourth-order valence-corrected chi connectivity index (χ4v) is 2.37. The highest BCUT2D eigenvalue weighted by Crippen LogP contribution is 2.04. The molecule has 0 aliphatic rings. The van der Waals surface area contributed by atoms with Crippen molar-refractivity contribution in [3.8, 4) is 0 Å². The normalized spacial score (nSPS) is 10.3. The Bertz CT molecular complexity index is 288. The Morgan fingerprint density at radius 1 is 1.44 bits per heavy atom. The van der Waals surface area contributed by atoms with E-state index >= 15 is 0 Å². The van der Waals surface area contributed by atoms with Gasteiger partial charge in [-0.15, -0.1) is 11.3 Å². The first-order valence-electron chi connectivity index (χ1n) is 5.50. The maximum absolute atomic E-state index is 11.5. The van der Waals surface area contributed by atoms with Gasteiger partial charge in [-0.1, -0.05) is 12.8 Å². The minimum atomic E-state index is -0.0506. The summed E-state index contributed by atoms with van der Waals surface area (Å²) < 4.78 is 0. The molecule has 0 fully saturated rings.